The quantitative estimate of drug-likeness (QED) is 0.346. The van der Waals surface area contributed by atoms with E-state index in [9.17, 15) is 14.9 Å². The van der Waals surface area contributed by atoms with E-state index < -0.39 is 4.92 Å². The summed E-state index contributed by atoms with van der Waals surface area (Å²) < 4.78 is 5.20. The van der Waals surface area contributed by atoms with E-state index in [1.54, 1.807) is 23.3 Å². The molecule has 0 unspecified atom stereocenters. The smallest absolute Gasteiger partial charge is 0.292 e. The summed E-state index contributed by atoms with van der Waals surface area (Å²) in [6, 6.07) is 12.0. The molecule has 0 radical (unpaired) electrons. The lowest BCUT2D eigenvalue weighted by molar-refractivity contribution is -0.383. The van der Waals surface area contributed by atoms with E-state index in [0.29, 0.717) is 32.7 Å². The monoisotopic (exact) mass is 453 g/mol. The first-order valence-corrected chi connectivity index (χ1v) is 11.0. The van der Waals surface area contributed by atoms with E-state index in [1.165, 1.54) is 18.2 Å². The molecule has 2 heterocycles. The molecule has 1 saturated heterocycles. The number of carbonyl (C=O) groups excluding carboxylic acids is 1. The molecule has 2 N–H and O–H groups in total. The van der Waals surface area contributed by atoms with Crippen molar-refractivity contribution in [2.75, 3.05) is 39.0 Å². The number of nitrogen functional groups attached to an aromatic ring is 1. The second kappa shape index (κ2) is 9.33. The van der Waals surface area contributed by atoms with E-state index in [0.717, 1.165) is 22.0 Å². The molecule has 1 amide bonds. The van der Waals surface area contributed by atoms with Gasteiger partial charge in [0, 0.05) is 55.3 Å². The normalized spacial score (nSPS) is 14.3. The van der Waals surface area contributed by atoms with Gasteiger partial charge < -0.3 is 15.4 Å². The fourth-order valence-corrected chi connectivity index (χ4v) is 4.42. The summed E-state index contributed by atoms with van der Waals surface area (Å²) in [6.45, 7) is 3.22. The molecule has 2 aromatic carbocycles. The lowest BCUT2D eigenvalue weighted by Crippen LogP contribution is -2.48. The zero-order valence-electron chi connectivity index (χ0n) is 17.6. The number of amides is 1. The van der Waals surface area contributed by atoms with Crippen LogP contribution in [0.15, 0.2) is 47.8 Å². The van der Waals surface area contributed by atoms with Crippen LogP contribution < -0.4 is 10.5 Å². The number of nitro groups is 1. The lowest BCUT2D eigenvalue weighted by atomic mass is 10.1. The van der Waals surface area contributed by atoms with Crippen LogP contribution in [-0.4, -0.2) is 58.9 Å². The van der Waals surface area contributed by atoms with Crippen LogP contribution in [-0.2, 0) is 6.54 Å². The number of thiazole rings is 1. The number of benzene rings is 2. The Balaban J connectivity index is 1.34. The van der Waals surface area contributed by atoms with Gasteiger partial charge in [0.25, 0.3) is 11.6 Å². The Morgan fingerprint density at radius 2 is 1.91 bits per heavy atom. The van der Waals surface area contributed by atoms with Crippen LogP contribution in [0.4, 0.5) is 11.4 Å². The molecule has 4 rings (SSSR count). The number of rotatable bonds is 6. The van der Waals surface area contributed by atoms with Crippen LogP contribution in [0.3, 0.4) is 0 Å². The Morgan fingerprint density at radius 3 is 2.56 bits per heavy atom. The average Bonchev–Trinajstić information content (AvgIpc) is 3.28. The number of ether oxygens (including phenoxy) is 1. The number of nitro benzene ring substituents is 1. The van der Waals surface area contributed by atoms with E-state index in [4.69, 9.17) is 15.5 Å². The third kappa shape index (κ3) is 4.71. The van der Waals surface area contributed by atoms with Gasteiger partial charge >= 0.3 is 0 Å². The van der Waals surface area contributed by atoms with Crippen molar-refractivity contribution in [3.63, 3.8) is 0 Å². The average molecular weight is 454 g/mol. The van der Waals surface area contributed by atoms with Crippen LogP contribution in [0.5, 0.6) is 5.75 Å². The zero-order chi connectivity index (χ0) is 22.7. The minimum atomic E-state index is -0.571. The van der Waals surface area contributed by atoms with E-state index >= 15 is 0 Å². The number of carbonyl (C=O) groups is 1. The summed E-state index contributed by atoms with van der Waals surface area (Å²) in [5, 5.41) is 14.1. The summed E-state index contributed by atoms with van der Waals surface area (Å²) in [5.41, 5.74) is 7.76. The predicted octanol–water partition coefficient (Wildman–Crippen LogP) is 3.27. The fraction of sp³-hybridized carbons (Fsp3) is 0.273. The molecule has 0 saturated carbocycles. The molecule has 1 aliphatic heterocycles. The maximum atomic E-state index is 12.8. The highest BCUT2D eigenvalue weighted by Gasteiger charge is 2.24. The van der Waals surface area contributed by atoms with Crippen molar-refractivity contribution in [3.8, 4) is 16.3 Å². The van der Waals surface area contributed by atoms with Gasteiger partial charge in [0.2, 0.25) is 0 Å². The van der Waals surface area contributed by atoms with Gasteiger partial charge in [0.15, 0.2) is 0 Å². The second-order valence-corrected chi connectivity index (χ2v) is 8.33. The van der Waals surface area contributed by atoms with Crippen molar-refractivity contribution < 1.29 is 14.5 Å². The third-order valence-corrected chi connectivity index (χ3v) is 6.35. The molecular formula is C22H23N5O4S. The summed E-state index contributed by atoms with van der Waals surface area (Å²) in [6.07, 6.45) is 0. The Labute approximate surface area is 189 Å². The van der Waals surface area contributed by atoms with Gasteiger partial charge in [0.1, 0.15) is 16.4 Å². The van der Waals surface area contributed by atoms with Gasteiger partial charge in [-0.3, -0.25) is 19.8 Å². The van der Waals surface area contributed by atoms with Gasteiger partial charge in [-0.05, 0) is 36.4 Å². The Morgan fingerprint density at radius 1 is 1.19 bits per heavy atom. The maximum absolute atomic E-state index is 12.8. The molecule has 9 nitrogen and oxygen atoms in total. The number of nitrogens with zero attached hydrogens (tertiary/aromatic N) is 4. The molecule has 10 heteroatoms. The highest BCUT2D eigenvalue weighted by Crippen LogP contribution is 2.27. The first kappa shape index (κ1) is 21.7. The van der Waals surface area contributed by atoms with Crippen molar-refractivity contribution >= 4 is 28.6 Å². The molecule has 0 bridgehead atoms. The zero-order valence-corrected chi connectivity index (χ0v) is 18.4. The molecule has 3 aromatic rings. The molecule has 0 aliphatic carbocycles. The number of hydrogen-bond donors (Lipinski definition) is 1. The van der Waals surface area contributed by atoms with Crippen LogP contribution in [0, 0.1) is 10.1 Å². The summed E-state index contributed by atoms with van der Waals surface area (Å²) in [4.78, 5) is 32.0. The van der Waals surface area contributed by atoms with Gasteiger partial charge in [-0.2, -0.15) is 0 Å². The third-order valence-electron chi connectivity index (χ3n) is 5.41. The van der Waals surface area contributed by atoms with E-state index in [-0.39, 0.29) is 22.8 Å². The Bertz CT molecular complexity index is 1120. The van der Waals surface area contributed by atoms with Crippen molar-refractivity contribution in [2.24, 2.45) is 0 Å². The molecule has 32 heavy (non-hydrogen) atoms. The Hall–Kier alpha value is -3.50. The highest BCUT2D eigenvalue weighted by atomic mass is 32.1. The highest BCUT2D eigenvalue weighted by molar-refractivity contribution is 7.13. The topological polar surface area (TPSA) is 115 Å². The minimum absolute atomic E-state index is 0.0497. The molecule has 1 aliphatic rings. The van der Waals surface area contributed by atoms with E-state index in [2.05, 4.69) is 10.3 Å². The van der Waals surface area contributed by atoms with Crippen molar-refractivity contribution in [1.29, 1.82) is 0 Å². The first-order chi connectivity index (χ1) is 15.4. The SMILES string of the molecule is COc1ccc(-c2nc(CN3CCN(C(=O)c4ccc(N)c([N+](=O)[O-])c4)CC3)cs2)cc1. The molecule has 166 valence electrons. The standard InChI is InChI=1S/C22H23N5O4S/c1-31-18-5-2-15(3-6-18)21-24-17(14-32-21)13-25-8-10-26(11-9-25)22(28)16-4-7-19(23)20(12-16)27(29)30/h2-7,12,14H,8-11,13,23H2,1H3. The number of piperazine rings is 1. The van der Waals surface area contributed by atoms with Crippen molar-refractivity contribution in [3.05, 3.63) is 69.2 Å². The minimum Gasteiger partial charge on any atom is -0.497 e. The number of anilines is 1. The number of hydrogen-bond acceptors (Lipinski definition) is 8. The number of aromatic nitrogens is 1. The van der Waals surface area contributed by atoms with Gasteiger partial charge in [0.05, 0.1) is 17.7 Å². The van der Waals surface area contributed by atoms with Gasteiger partial charge in [-0.1, -0.05) is 0 Å². The van der Waals surface area contributed by atoms with Gasteiger partial charge in [-0.25, -0.2) is 4.98 Å². The van der Waals surface area contributed by atoms with Crippen LogP contribution in [0.2, 0.25) is 0 Å². The number of methoxy groups -OCH3 is 1. The molecule has 0 spiro atoms. The van der Waals surface area contributed by atoms with Crippen LogP contribution in [0.1, 0.15) is 16.1 Å². The van der Waals surface area contributed by atoms with Crippen LogP contribution >= 0.6 is 11.3 Å². The summed E-state index contributed by atoms with van der Waals surface area (Å²) >= 11 is 1.60. The molecule has 1 aromatic heterocycles. The molecule has 0 atom stereocenters. The first-order valence-electron chi connectivity index (χ1n) is 10.1. The van der Waals surface area contributed by atoms with Crippen molar-refractivity contribution in [1.82, 2.24) is 14.8 Å². The lowest BCUT2D eigenvalue weighted by Gasteiger charge is -2.34. The summed E-state index contributed by atoms with van der Waals surface area (Å²) in [5.74, 6) is 0.592. The summed E-state index contributed by atoms with van der Waals surface area (Å²) in [7, 11) is 1.64. The molecule has 1 fully saturated rings. The van der Waals surface area contributed by atoms with Crippen molar-refractivity contribution in [2.45, 2.75) is 6.54 Å². The van der Waals surface area contributed by atoms with Crippen LogP contribution in [0.25, 0.3) is 10.6 Å². The number of nitrogens with two attached hydrogens (primary N) is 1. The second-order valence-electron chi connectivity index (χ2n) is 7.47. The van der Waals surface area contributed by atoms with E-state index in [1.807, 2.05) is 24.3 Å². The largest absolute Gasteiger partial charge is 0.497 e. The maximum Gasteiger partial charge on any atom is 0.292 e. The fourth-order valence-electron chi connectivity index (χ4n) is 3.60. The van der Waals surface area contributed by atoms with Gasteiger partial charge in [-0.15, -0.1) is 11.3 Å². The Kier molecular flexibility index (Phi) is 6.33. The predicted molar refractivity (Wildman–Crippen MR) is 123 cm³/mol. The molecular weight excluding hydrogens is 430 g/mol.